The first-order valence-electron chi connectivity index (χ1n) is 6.20. The molecule has 0 bridgehead atoms. The lowest BCUT2D eigenvalue weighted by molar-refractivity contribution is 0.0864. The molecule has 16 heavy (non-hydrogen) atoms. The zero-order valence-corrected chi connectivity index (χ0v) is 11.0. The molecule has 0 aromatic heterocycles. The first kappa shape index (κ1) is 13.9. The Morgan fingerprint density at radius 1 is 1.50 bits per heavy atom. The van der Waals surface area contributed by atoms with Crippen LogP contribution in [-0.2, 0) is 9.47 Å². The molecule has 0 radical (unpaired) electrons. The molecule has 1 aliphatic rings. The van der Waals surface area contributed by atoms with Crippen LogP contribution >= 0.6 is 0 Å². The van der Waals surface area contributed by atoms with Crippen molar-refractivity contribution in [3.05, 3.63) is 0 Å². The third-order valence-electron chi connectivity index (χ3n) is 3.48. The Kier molecular flexibility index (Phi) is 6.28. The predicted molar refractivity (Wildman–Crippen MR) is 65.7 cm³/mol. The van der Waals surface area contributed by atoms with Crippen LogP contribution in [0.25, 0.3) is 0 Å². The van der Waals surface area contributed by atoms with E-state index in [4.69, 9.17) is 9.47 Å². The summed E-state index contributed by atoms with van der Waals surface area (Å²) in [5.74, 6) is 0.601. The van der Waals surface area contributed by atoms with Gasteiger partial charge in [0, 0.05) is 31.7 Å². The summed E-state index contributed by atoms with van der Waals surface area (Å²) in [5, 5.41) is 3.33. The highest BCUT2D eigenvalue weighted by Gasteiger charge is 2.29. The van der Waals surface area contributed by atoms with Crippen LogP contribution in [0.15, 0.2) is 0 Å². The van der Waals surface area contributed by atoms with Crippen LogP contribution < -0.4 is 5.32 Å². The quantitative estimate of drug-likeness (QED) is 0.693. The van der Waals surface area contributed by atoms with Crippen LogP contribution in [-0.4, -0.2) is 64.1 Å². The summed E-state index contributed by atoms with van der Waals surface area (Å²) < 4.78 is 10.7. The molecule has 1 saturated heterocycles. The molecule has 1 rings (SSSR count). The van der Waals surface area contributed by atoms with E-state index >= 15 is 0 Å². The third-order valence-corrected chi connectivity index (χ3v) is 3.48. The Bertz CT molecular complexity index is 190. The molecule has 1 fully saturated rings. The number of likely N-dealkylation sites (N-methyl/N-ethyl adjacent to an activating group) is 2. The highest BCUT2D eigenvalue weighted by atomic mass is 16.5. The molecule has 0 amide bonds. The minimum absolute atomic E-state index is 0.480. The molecule has 4 heteroatoms. The number of methoxy groups -OCH3 is 1. The minimum Gasteiger partial charge on any atom is -0.383 e. The smallest absolute Gasteiger partial charge is 0.0623 e. The van der Waals surface area contributed by atoms with Crippen molar-refractivity contribution < 1.29 is 9.47 Å². The summed E-state index contributed by atoms with van der Waals surface area (Å²) in [6, 6.07) is 0.983. The summed E-state index contributed by atoms with van der Waals surface area (Å²) in [6.45, 7) is 9.10. The topological polar surface area (TPSA) is 33.7 Å². The van der Waals surface area contributed by atoms with E-state index in [1.54, 1.807) is 7.11 Å². The van der Waals surface area contributed by atoms with Crippen molar-refractivity contribution in [2.75, 3.05) is 47.1 Å². The number of ether oxygens (including phenoxy) is 2. The Morgan fingerprint density at radius 3 is 2.81 bits per heavy atom. The first-order chi connectivity index (χ1) is 7.72. The van der Waals surface area contributed by atoms with E-state index < -0.39 is 0 Å². The largest absolute Gasteiger partial charge is 0.383 e. The molecule has 0 aromatic carbocycles. The molecule has 0 saturated carbocycles. The summed E-state index contributed by atoms with van der Waals surface area (Å²) in [4.78, 5) is 2.47. The molecular weight excluding hydrogens is 204 g/mol. The molecule has 0 aliphatic carbocycles. The summed E-state index contributed by atoms with van der Waals surface area (Å²) in [5.41, 5.74) is 0. The molecule has 3 unspecified atom stereocenters. The van der Waals surface area contributed by atoms with Gasteiger partial charge in [-0.15, -0.1) is 0 Å². The maximum atomic E-state index is 5.53. The monoisotopic (exact) mass is 230 g/mol. The van der Waals surface area contributed by atoms with Gasteiger partial charge < -0.3 is 14.8 Å². The molecule has 0 aromatic rings. The molecule has 1 N–H and O–H groups in total. The lowest BCUT2D eigenvalue weighted by atomic mass is 10.0. The van der Waals surface area contributed by atoms with E-state index in [1.165, 1.54) is 0 Å². The van der Waals surface area contributed by atoms with Gasteiger partial charge in [-0.25, -0.2) is 0 Å². The second kappa shape index (κ2) is 7.22. The zero-order chi connectivity index (χ0) is 12.0. The van der Waals surface area contributed by atoms with E-state index in [0.717, 1.165) is 32.9 Å². The van der Waals surface area contributed by atoms with Gasteiger partial charge in [0.05, 0.1) is 19.8 Å². The van der Waals surface area contributed by atoms with Crippen molar-refractivity contribution in [2.24, 2.45) is 5.92 Å². The molecule has 1 heterocycles. The van der Waals surface area contributed by atoms with Crippen molar-refractivity contribution in [2.45, 2.75) is 25.9 Å². The van der Waals surface area contributed by atoms with Gasteiger partial charge in [0.15, 0.2) is 0 Å². The highest BCUT2D eigenvalue weighted by molar-refractivity contribution is 4.83. The average Bonchev–Trinajstić information content (AvgIpc) is 2.73. The second-order valence-electron chi connectivity index (χ2n) is 4.58. The highest BCUT2D eigenvalue weighted by Crippen LogP contribution is 2.16. The number of rotatable bonds is 7. The molecule has 96 valence electrons. The minimum atomic E-state index is 0.480. The molecule has 3 atom stereocenters. The number of nitrogens with one attached hydrogen (secondary N) is 1. The van der Waals surface area contributed by atoms with Gasteiger partial charge in [-0.1, -0.05) is 6.92 Å². The van der Waals surface area contributed by atoms with Gasteiger partial charge in [0.2, 0.25) is 0 Å². The molecule has 0 spiro atoms. The first-order valence-corrected chi connectivity index (χ1v) is 6.20. The Morgan fingerprint density at radius 2 is 2.25 bits per heavy atom. The number of hydrogen-bond acceptors (Lipinski definition) is 4. The second-order valence-corrected chi connectivity index (χ2v) is 4.58. The maximum Gasteiger partial charge on any atom is 0.0623 e. The predicted octanol–water partition coefficient (Wildman–Crippen LogP) is 0.578. The number of hydrogen-bond donors (Lipinski definition) is 1. The standard InChI is InChI=1S/C12H26N2O2/c1-5-14(10(2)7-15-4)6-11-8-16-9-12(11)13-3/h10-13H,5-9H2,1-4H3. The van der Waals surface area contributed by atoms with Crippen molar-refractivity contribution in [1.29, 1.82) is 0 Å². The van der Waals surface area contributed by atoms with Crippen LogP contribution in [0.2, 0.25) is 0 Å². The van der Waals surface area contributed by atoms with E-state index in [2.05, 4.69) is 24.1 Å². The van der Waals surface area contributed by atoms with Crippen LogP contribution in [0.1, 0.15) is 13.8 Å². The van der Waals surface area contributed by atoms with Gasteiger partial charge in [-0.3, -0.25) is 4.90 Å². The average molecular weight is 230 g/mol. The summed E-state index contributed by atoms with van der Waals surface area (Å²) >= 11 is 0. The van der Waals surface area contributed by atoms with E-state index in [0.29, 0.717) is 18.0 Å². The van der Waals surface area contributed by atoms with Gasteiger partial charge in [-0.2, -0.15) is 0 Å². The summed E-state index contributed by atoms with van der Waals surface area (Å²) in [6.07, 6.45) is 0. The van der Waals surface area contributed by atoms with Gasteiger partial charge in [-0.05, 0) is 20.5 Å². The van der Waals surface area contributed by atoms with Crippen molar-refractivity contribution >= 4 is 0 Å². The van der Waals surface area contributed by atoms with Crippen LogP contribution in [0, 0.1) is 5.92 Å². The van der Waals surface area contributed by atoms with E-state index in [9.17, 15) is 0 Å². The normalized spacial score (nSPS) is 27.6. The van der Waals surface area contributed by atoms with Gasteiger partial charge in [0.1, 0.15) is 0 Å². The zero-order valence-electron chi connectivity index (χ0n) is 11.0. The maximum absolute atomic E-state index is 5.53. The summed E-state index contributed by atoms with van der Waals surface area (Å²) in [7, 11) is 3.78. The SMILES string of the molecule is CCN(CC1COCC1NC)C(C)COC. The fraction of sp³-hybridized carbons (Fsp3) is 1.00. The fourth-order valence-electron chi connectivity index (χ4n) is 2.37. The van der Waals surface area contributed by atoms with Crippen molar-refractivity contribution in [3.63, 3.8) is 0 Å². The van der Waals surface area contributed by atoms with Crippen molar-refractivity contribution in [1.82, 2.24) is 10.2 Å². The molecular formula is C12H26N2O2. The Labute approximate surface area is 99.3 Å². The molecule has 1 aliphatic heterocycles. The lowest BCUT2D eigenvalue weighted by Gasteiger charge is -2.31. The Balaban J connectivity index is 2.42. The van der Waals surface area contributed by atoms with Crippen molar-refractivity contribution in [3.8, 4) is 0 Å². The van der Waals surface area contributed by atoms with E-state index in [1.807, 2.05) is 7.05 Å². The van der Waals surface area contributed by atoms with Gasteiger partial charge >= 0.3 is 0 Å². The van der Waals surface area contributed by atoms with Crippen LogP contribution in [0.3, 0.4) is 0 Å². The Hall–Kier alpha value is -0.160. The fourth-order valence-corrected chi connectivity index (χ4v) is 2.37. The van der Waals surface area contributed by atoms with Gasteiger partial charge in [0.25, 0.3) is 0 Å². The van der Waals surface area contributed by atoms with Crippen LogP contribution in [0.4, 0.5) is 0 Å². The van der Waals surface area contributed by atoms with E-state index in [-0.39, 0.29) is 0 Å². The molecule has 4 nitrogen and oxygen atoms in total. The number of nitrogens with zero attached hydrogens (tertiary/aromatic N) is 1. The third kappa shape index (κ3) is 3.70. The van der Waals surface area contributed by atoms with Crippen LogP contribution in [0.5, 0.6) is 0 Å². The lowest BCUT2D eigenvalue weighted by Crippen LogP contribution is -2.44.